The van der Waals surface area contributed by atoms with Crippen LogP contribution in [0.1, 0.15) is 21.7 Å². The predicted molar refractivity (Wildman–Crippen MR) is 106 cm³/mol. The summed E-state index contributed by atoms with van der Waals surface area (Å²) in [5.41, 5.74) is 3.87. The fourth-order valence-electron chi connectivity index (χ4n) is 3.15. The van der Waals surface area contributed by atoms with Crippen molar-refractivity contribution < 1.29 is 4.79 Å². The van der Waals surface area contributed by atoms with E-state index in [0.717, 1.165) is 23.4 Å². The van der Waals surface area contributed by atoms with Gasteiger partial charge in [0.25, 0.3) is 5.91 Å². The Hall–Kier alpha value is -3.47. The zero-order valence-electron chi connectivity index (χ0n) is 14.9. The number of carbonyl (C=O) groups is 1. The fourth-order valence-corrected chi connectivity index (χ4v) is 3.15. The van der Waals surface area contributed by atoms with Gasteiger partial charge in [-0.3, -0.25) is 9.78 Å². The van der Waals surface area contributed by atoms with Crippen LogP contribution in [0.3, 0.4) is 0 Å². The van der Waals surface area contributed by atoms with Gasteiger partial charge < -0.3 is 9.88 Å². The third-order valence-corrected chi connectivity index (χ3v) is 4.48. The van der Waals surface area contributed by atoms with Gasteiger partial charge in [-0.1, -0.05) is 42.5 Å². The Labute approximate surface area is 157 Å². The van der Waals surface area contributed by atoms with Crippen LogP contribution in [0.4, 0.5) is 0 Å². The molecule has 1 N–H and O–H groups in total. The van der Waals surface area contributed by atoms with Crippen molar-refractivity contribution in [3.63, 3.8) is 0 Å². The Bertz CT molecular complexity index is 1040. The Morgan fingerprint density at radius 2 is 1.78 bits per heavy atom. The summed E-state index contributed by atoms with van der Waals surface area (Å²) in [6.07, 6.45) is 3.89. The van der Waals surface area contributed by atoms with E-state index in [1.54, 1.807) is 24.5 Å². The van der Waals surface area contributed by atoms with Crippen LogP contribution >= 0.6 is 0 Å². The summed E-state index contributed by atoms with van der Waals surface area (Å²) in [6, 6.07) is 22.0. The van der Waals surface area contributed by atoms with Gasteiger partial charge in [-0.2, -0.15) is 0 Å². The van der Waals surface area contributed by atoms with Crippen LogP contribution in [-0.4, -0.2) is 27.0 Å². The quantitative estimate of drug-likeness (QED) is 0.576. The second-order valence-corrected chi connectivity index (χ2v) is 6.34. The molecule has 1 amide bonds. The van der Waals surface area contributed by atoms with Crippen molar-refractivity contribution in [3.05, 3.63) is 96.1 Å². The molecule has 5 heteroatoms. The zero-order valence-corrected chi connectivity index (χ0v) is 14.9. The van der Waals surface area contributed by atoms with E-state index in [1.165, 1.54) is 5.56 Å². The topological polar surface area (TPSA) is 59.8 Å². The van der Waals surface area contributed by atoms with E-state index in [1.807, 2.05) is 36.4 Å². The summed E-state index contributed by atoms with van der Waals surface area (Å²) < 4.78 is 2.22. The minimum absolute atomic E-state index is 0.117. The molecule has 0 aliphatic carbocycles. The molecule has 5 nitrogen and oxygen atoms in total. The van der Waals surface area contributed by atoms with Gasteiger partial charge >= 0.3 is 0 Å². The van der Waals surface area contributed by atoms with Gasteiger partial charge in [0, 0.05) is 31.9 Å². The number of benzene rings is 2. The number of hydrogen-bond donors (Lipinski definition) is 1. The van der Waals surface area contributed by atoms with Gasteiger partial charge in [-0.15, -0.1) is 0 Å². The standard InChI is InChI=1S/C22H20N4O/c27-22(18-9-6-13-23-15-18)24-14-12-21-25-19-10-4-5-11-20(19)26(21)16-17-7-2-1-3-8-17/h1-11,13,15H,12,14,16H2,(H,24,27). The highest BCUT2D eigenvalue weighted by Gasteiger charge is 2.12. The van der Waals surface area contributed by atoms with Crippen molar-refractivity contribution >= 4 is 16.9 Å². The van der Waals surface area contributed by atoms with Crippen LogP contribution in [0.5, 0.6) is 0 Å². The summed E-state index contributed by atoms with van der Waals surface area (Å²) in [5, 5.41) is 2.95. The van der Waals surface area contributed by atoms with Crippen LogP contribution < -0.4 is 5.32 Å². The van der Waals surface area contributed by atoms with E-state index < -0.39 is 0 Å². The number of para-hydroxylation sites is 2. The van der Waals surface area contributed by atoms with Crippen molar-refractivity contribution in [2.45, 2.75) is 13.0 Å². The van der Waals surface area contributed by atoms with Gasteiger partial charge in [-0.05, 0) is 29.8 Å². The first-order chi connectivity index (χ1) is 13.3. The largest absolute Gasteiger partial charge is 0.352 e. The predicted octanol–water partition coefficient (Wildman–Crippen LogP) is 3.45. The van der Waals surface area contributed by atoms with Crippen molar-refractivity contribution in [2.24, 2.45) is 0 Å². The molecule has 0 fully saturated rings. The van der Waals surface area contributed by atoms with Gasteiger partial charge in [0.1, 0.15) is 5.82 Å². The molecule has 27 heavy (non-hydrogen) atoms. The Kier molecular flexibility index (Phi) is 4.92. The molecule has 2 heterocycles. The first-order valence-electron chi connectivity index (χ1n) is 8.97. The maximum atomic E-state index is 12.2. The van der Waals surface area contributed by atoms with Crippen LogP contribution in [0.15, 0.2) is 79.1 Å². The molecule has 0 aliphatic heterocycles. The number of imidazole rings is 1. The fraction of sp³-hybridized carbons (Fsp3) is 0.136. The maximum Gasteiger partial charge on any atom is 0.252 e. The number of hydrogen-bond acceptors (Lipinski definition) is 3. The monoisotopic (exact) mass is 356 g/mol. The highest BCUT2D eigenvalue weighted by atomic mass is 16.1. The number of rotatable bonds is 6. The lowest BCUT2D eigenvalue weighted by Crippen LogP contribution is -2.26. The summed E-state index contributed by atoms with van der Waals surface area (Å²) in [6.45, 7) is 1.28. The molecular formula is C22H20N4O. The smallest absolute Gasteiger partial charge is 0.252 e. The van der Waals surface area contributed by atoms with Crippen LogP contribution in [-0.2, 0) is 13.0 Å². The van der Waals surface area contributed by atoms with E-state index in [-0.39, 0.29) is 5.91 Å². The highest BCUT2D eigenvalue weighted by Crippen LogP contribution is 2.18. The average molecular weight is 356 g/mol. The third-order valence-electron chi connectivity index (χ3n) is 4.48. The number of amides is 1. The van der Waals surface area contributed by atoms with Crippen LogP contribution in [0, 0.1) is 0 Å². The molecular weight excluding hydrogens is 336 g/mol. The second-order valence-electron chi connectivity index (χ2n) is 6.34. The minimum Gasteiger partial charge on any atom is -0.352 e. The summed E-state index contributed by atoms with van der Waals surface area (Å²) in [7, 11) is 0. The lowest BCUT2D eigenvalue weighted by Gasteiger charge is -2.10. The number of nitrogens with zero attached hydrogens (tertiary/aromatic N) is 3. The maximum absolute atomic E-state index is 12.2. The molecule has 0 spiro atoms. The third kappa shape index (κ3) is 3.87. The summed E-state index contributed by atoms with van der Waals surface area (Å²) in [4.78, 5) is 21.0. The molecule has 0 bridgehead atoms. The number of carbonyl (C=O) groups excluding carboxylic acids is 1. The first-order valence-corrected chi connectivity index (χ1v) is 8.97. The van der Waals surface area contributed by atoms with E-state index in [4.69, 9.17) is 4.98 Å². The van der Waals surface area contributed by atoms with Gasteiger partial charge in [0.15, 0.2) is 0 Å². The Morgan fingerprint density at radius 1 is 0.963 bits per heavy atom. The van der Waals surface area contributed by atoms with Crippen molar-refractivity contribution in [3.8, 4) is 0 Å². The zero-order chi connectivity index (χ0) is 18.5. The van der Waals surface area contributed by atoms with E-state index in [9.17, 15) is 4.79 Å². The number of fused-ring (bicyclic) bond motifs is 1. The number of aromatic nitrogens is 3. The lowest BCUT2D eigenvalue weighted by atomic mass is 10.2. The molecule has 2 aromatic heterocycles. The molecule has 0 atom stereocenters. The molecule has 0 saturated carbocycles. The van der Waals surface area contributed by atoms with Gasteiger partial charge in [-0.25, -0.2) is 4.98 Å². The normalized spacial score (nSPS) is 10.8. The van der Waals surface area contributed by atoms with E-state index in [0.29, 0.717) is 18.5 Å². The molecule has 0 saturated heterocycles. The summed E-state index contributed by atoms with van der Waals surface area (Å²) in [5.74, 6) is 0.848. The van der Waals surface area contributed by atoms with E-state index >= 15 is 0 Å². The molecule has 0 unspecified atom stereocenters. The van der Waals surface area contributed by atoms with Crippen molar-refractivity contribution in [1.82, 2.24) is 19.9 Å². The van der Waals surface area contributed by atoms with Crippen molar-refractivity contribution in [2.75, 3.05) is 6.54 Å². The van der Waals surface area contributed by atoms with Gasteiger partial charge in [0.2, 0.25) is 0 Å². The van der Waals surface area contributed by atoms with Crippen LogP contribution in [0.25, 0.3) is 11.0 Å². The molecule has 134 valence electrons. The SMILES string of the molecule is O=C(NCCc1nc2ccccc2n1Cc1ccccc1)c1cccnc1. The van der Waals surface area contributed by atoms with Crippen LogP contribution in [0.2, 0.25) is 0 Å². The Morgan fingerprint density at radius 3 is 2.59 bits per heavy atom. The summed E-state index contributed by atoms with van der Waals surface area (Å²) >= 11 is 0. The molecule has 4 aromatic rings. The van der Waals surface area contributed by atoms with E-state index in [2.05, 4.69) is 33.1 Å². The lowest BCUT2D eigenvalue weighted by molar-refractivity contribution is 0.0953. The first kappa shape index (κ1) is 17.0. The highest BCUT2D eigenvalue weighted by molar-refractivity contribution is 5.93. The molecule has 0 radical (unpaired) electrons. The second kappa shape index (κ2) is 7.83. The van der Waals surface area contributed by atoms with Crippen molar-refractivity contribution in [1.29, 1.82) is 0 Å². The number of pyridine rings is 1. The number of nitrogens with one attached hydrogen (secondary N) is 1. The minimum atomic E-state index is -0.117. The molecule has 2 aromatic carbocycles. The average Bonchev–Trinajstić information content (AvgIpc) is 3.07. The Balaban J connectivity index is 1.52. The molecule has 0 aliphatic rings. The van der Waals surface area contributed by atoms with Gasteiger partial charge in [0.05, 0.1) is 16.6 Å². The molecule has 4 rings (SSSR count).